The highest BCUT2D eigenvalue weighted by Crippen LogP contribution is 2.13. The largest absolute Gasteiger partial charge is 0.354 e. The smallest absolute Gasteiger partial charge is 0.352 e. The van der Waals surface area contributed by atoms with Crippen LogP contribution in [0.3, 0.4) is 0 Å². The normalized spacial score (nSPS) is 10.8. The number of carbonyl (C=O) groups excluding carboxylic acids is 1. The van der Waals surface area contributed by atoms with Crippen LogP contribution in [0.15, 0.2) is 77.7 Å². The lowest BCUT2D eigenvalue weighted by molar-refractivity contribution is -0.121. The fourth-order valence-corrected chi connectivity index (χ4v) is 3.10. The van der Waals surface area contributed by atoms with Crippen molar-refractivity contribution in [1.82, 2.24) is 24.5 Å². The number of aryl methyl sites for hydroxylation is 1. The number of anilines is 2. The standard InChI is InChI=1S/C22H22N6O2/c29-20(23-14-7-10-17-8-3-1-4-9-17)16-28-22(30)27-15-13-19(25-21(27)26-28)24-18-11-5-2-6-12-18/h1-6,8-9,11-13,15H,7,10,14,16H2,(H,23,29)(H,24,25,26). The molecule has 0 aliphatic heterocycles. The Hall–Kier alpha value is -3.94. The van der Waals surface area contributed by atoms with Crippen molar-refractivity contribution in [2.24, 2.45) is 0 Å². The van der Waals surface area contributed by atoms with Crippen molar-refractivity contribution in [2.45, 2.75) is 19.4 Å². The van der Waals surface area contributed by atoms with Gasteiger partial charge in [-0.15, -0.1) is 5.10 Å². The number of benzene rings is 2. The Labute approximate surface area is 173 Å². The van der Waals surface area contributed by atoms with E-state index in [0.717, 1.165) is 23.2 Å². The van der Waals surface area contributed by atoms with E-state index in [2.05, 4.69) is 32.8 Å². The van der Waals surface area contributed by atoms with Gasteiger partial charge in [-0.2, -0.15) is 4.98 Å². The van der Waals surface area contributed by atoms with E-state index in [4.69, 9.17) is 0 Å². The van der Waals surface area contributed by atoms with Crippen LogP contribution in [0.4, 0.5) is 11.5 Å². The van der Waals surface area contributed by atoms with Gasteiger partial charge in [-0.25, -0.2) is 13.9 Å². The number of amides is 1. The highest BCUT2D eigenvalue weighted by atomic mass is 16.2. The molecule has 4 aromatic rings. The van der Waals surface area contributed by atoms with Crippen LogP contribution in [0.25, 0.3) is 5.78 Å². The van der Waals surface area contributed by atoms with Crippen LogP contribution in [-0.2, 0) is 17.8 Å². The minimum Gasteiger partial charge on any atom is -0.354 e. The summed E-state index contributed by atoms with van der Waals surface area (Å²) in [6, 6.07) is 21.4. The van der Waals surface area contributed by atoms with Crippen molar-refractivity contribution in [1.29, 1.82) is 0 Å². The van der Waals surface area contributed by atoms with Crippen LogP contribution in [-0.4, -0.2) is 31.6 Å². The van der Waals surface area contributed by atoms with Crippen molar-refractivity contribution in [3.63, 3.8) is 0 Å². The molecular weight excluding hydrogens is 380 g/mol. The molecule has 2 aromatic heterocycles. The van der Waals surface area contributed by atoms with Crippen LogP contribution < -0.4 is 16.3 Å². The second-order valence-corrected chi connectivity index (χ2v) is 6.85. The average molecular weight is 402 g/mol. The van der Waals surface area contributed by atoms with Crippen molar-refractivity contribution in [3.8, 4) is 0 Å². The molecule has 30 heavy (non-hydrogen) atoms. The second kappa shape index (κ2) is 9.04. The van der Waals surface area contributed by atoms with E-state index < -0.39 is 5.69 Å². The summed E-state index contributed by atoms with van der Waals surface area (Å²) in [5, 5.41) is 10.2. The van der Waals surface area contributed by atoms with Crippen molar-refractivity contribution < 1.29 is 4.79 Å². The fraction of sp³-hybridized carbons (Fsp3) is 0.182. The van der Waals surface area contributed by atoms with Crippen LogP contribution in [0.5, 0.6) is 0 Å². The van der Waals surface area contributed by atoms with Crippen LogP contribution in [0, 0.1) is 0 Å². The quantitative estimate of drug-likeness (QED) is 0.442. The Morgan fingerprint density at radius 1 is 0.967 bits per heavy atom. The summed E-state index contributed by atoms with van der Waals surface area (Å²) in [5.74, 6) is 0.547. The lowest BCUT2D eigenvalue weighted by atomic mass is 10.1. The van der Waals surface area contributed by atoms with Crippen molar-refractivity contribution in [3.05, 3.63) is 89.0 Å². The molecule has 8 nitrogen and oxygen atoms in total. The van der Waals surface area contributed by atoms with E-state index >= 15 is 0 Å². The first-order chi connectivity index (χ1) is 14.7. The molecule has 0 radical (unpaired) electrons. The lowest BCUT2D eigenvalue weighted by Gasteiger charge is -2.04. The molecule has 0 spiro atoms. The first-order valence-electron chi connectivity index (χ1n) is 9.78. The van der Waals surface area contributed by atoms with Gasteiger partial charge in [0.25, 0.3) is 5.78 Å². The molecular formula is C22H22N6O2. The summed E-state index contributed by atoms with van der Waals surface area (Å²) in [6.45, 7) is 0.397. The summed E-state index contributed by atoms with van der Waals surface area (Å²) >= 11 is 0. The number of nitrogens with one attached hydrogen (secondary N) is 2. The van der Waals surface area contributed by atoms with E-state index in [0.29, 0.717) is 12.4 Å². The SMILES string of the molecule is O=C(Cn1nc2nc(Nc3ccccc3)ccn2c1=O)NCCCc1ccccc1. The van der Waals surface area contributed by atoms with Crippen molar-refractivity contribution in [2.75, 3.05) is 11.9 Å². The molecule has 4 rings (SSSR count). The highest BCUT2D eigenvalue weighted by molar-refractivity contribution is 5.75. The number of fused-ring (bicyclic) bond motifs is 1. The van der Waals surface area contributed by atoms with E-state index in [1.165, 1.54) is 9.96 Å². The van der Waals surface area contributed by atoms with Gasteiger partial charge in [-0.3, -0.25) is 4.79 Å². The fourth-order valence-electron chi connectivity index (χ4n) is 3.10. The minimum atomic E-state index is -0.400. The van der Waals surface area contributed by atoms with Crippen molar-refractivity contribution >= 4 is 23.2 Å². The summed E-state index contributed by atoms with van der Waals surface area (Å²) in [6.07, 6.45) is 3.31. The number of carbonyl (C=O) groups is 1. The Morgan fingerprint density at radius 3 is 2.47 bits per heavy atom. The highest BCUT2D eigenvalue weighted by Gasteiger charge is 2.12. The molecule has 0 atom stereocenters. The summed E-state index contributed by atoms with van der Waals surface area (Å²) in [7, 11) is 0. The monoisotopic (exact) mass is 402 g/mol. The van der Waals surface area contributed by atoms with E-state index in [-0.39, 0.29) is 18.2 Å². The maximum Gasteiger partial charge on any atom is 0.352 e. The zero-order chi connectivity index (χ0) is 20.8. The number of rotatable bonds is 8. The second-order valence-electron chi connectivity index (χ2n) is 6.85. The van der Waals surface area contributed by atoms with Gasteiger partial charge in [0.1, 0.15) is 12.4 Å². The number of para-hydroxylation sites is 1. The Morgan fingerprint density at radius 2 is 1.70 bits per heavy atom. The molecule has 1 amide bonds. The molecule has 0 aliphatic rings. The molecule has 0 bridgehead atoms. The van der Waals surface area contributed by atoms with Gasteiger partial charge in [0.15, 0.2) is 0 Å². The number of aromatic nitrogens is 4. The molecule has 0 aliphatic carbocycles. The van der Waals surface area contributed by atoms with E-state index in [1.807, 2.05) is 48.5 Å². The Balaban J connectivity index is 1.36. The zero-order valence-electron chi connectivity index (χ0n) is 16.4. The molecule has 8 heteroatoms. The number of hydrogen-bond acceptors (Lipinski definition) is 5. The molecule has 0 saturated heterocycles. The maximum atomic E-state index is 12.5. The first kappa shape index (κ1) is 19.4. The van der Waals surface area contributed by atoms with Crippen LogP contribution >= 0.6 is 0 Å². The third kappa shape index (κ3) is 4.72. The molecule has 2 aromatic carbocycles. The average Bonchev–Trinajstić information content (AvgIpc) is 3.07. The van der Waals surface area contributed by atoms with Gasteiger partial charge in [-0.05, 0) is 36.6 Å². The van der Waals surface area contributed by atoms with Gasteiger partial charge in [0.2, 0.25) is 5.91 Å². The maximum absolute atomic E-state index is 12.5. The van der Waals surface area contributed by atoms with Gasteiger partial charge in [-0.1, -0.05) is 48.5 Å². The molecule has 0 unspecified atom stereocenters. The van der Waals surface area contributed by atoms with E-state index in [9.17, 15) is 9.59 Å². The van der Waals surface area contributed by atoms with Crippen LogP contribution in [0.1, 0.15) is 12.0 Å². The third-order valence-electron chi connectivity index (χ3n) is 4.60. The zero-order valence-corrected chi connectivity index (χ0v) is 16.4. The molecule has 152 valence electrons. The van der Waals surface area contributed by atoms with Crippen LogP contribution in [0.2, 0.25) is 0 Å². The third-order valence-corrected chi connectivity index (χ3v) is 4.60. The predicted molar refractivity (Wildman–Crippen MR) is 115 cm³/mol. The summed E-state index contributed by atoms with van der Waals surface area (Å²) in [5.41, 5.74) is 1.71. The van der Waals surface area contributed by atoms with Gasteiger partial charge in [0, 0.05) is 18.4 Å². The van der Waals surface area contributed by atoms with E-state index in [1.54, 1.807) is 12.3 Å². The summed E-state index contributed by atoms with van der Waals surface area (Å²) < 4.78 is 2.44. The van der Waals surface area contributed by atoms with Gasteiger partial charge < -0.3 is 10.6 Å². The molecule has 2 N–H and O–H groups in total. The topological polar surface area (TPSA) is 93.3 Å². The minimum absolute atomic E-state index is 0.144. The Bertz CT molecular complexity index is 1180. The number of nitrogens with zero attached hydrogens (tertiary/aromatic N) is 4. The summed E-state index contributed by atoms with van der Waals surface area (Å²) in [4.78, 5) is 29.0. The number of hydrogen-bond donors (Lipinski definition) is 2. The Kier molecular flexibility index (Phi) is 5.84. The van der Waals surface area contributed by atoms with Gasteiger partial charge >= 0.3 is 5.69 Å². The predicted octanol–water partition coefficient (Wildman–Crippen LogP) is 2.38. The molecule has 0 saturated carbocycles. The molecule has 2 heterocycles. The lowest BCUT2D eigenvalue weighted by Crippen LogP contribution is -2.33. The molecule has 0 fully saturated rings. The van der Waals surface area contributed by atoms with Gasteiger partial charge in [0.05, 0.1) is 0 Å². The first-order valence-corrected chi connectivity index (χ1v) is 9.78.